The number of alkyl halides is 1. The first-order chi connectivity index (χ1) is 7.33. The Hall–Kier alpha value is 0.290. The lowest BCUT2D eigenvalue weighted by Gasteiger charge is -2.43. The normalized spacial score (nSPS) is 28.1. The third-order valence-corrected chi connectivity index (χ3v) is 5.88. The lowest BCUT2D eigenvalue weighted by atomic mass is 9.63. The zero-order valence-corrected chi connectivity index (χ0v) is 12.5. The predicted molar refractivity (Wildman–Crippen MR) is 74.0 cm³/mol. The van der Waals surface area contributed by atoms with Crippen molar-refractivity contribution in [2.24, 2.45) is 22.7 Å². The molecule has 0 spiro atoms. The van der Waals surface area contributed by atoms with Gasteiger partial charge < -0.3 is 0 Å². The first-order valence-electron chi connectivity index (χ1n) is 6.89. The van der Waals surface area contributed by atoms with E-state index >= 15 is 0 Å². The molecule has 1 saturated carbocycles. The van der Waals surface area contributed by atoms with E-state index in [-0.39, 0.29) is 0 Å². The number of hydrogen-bond donors (Lipinski definition) is 0. The molecule has 0 aromatic rings. The Kier molecular flexibility index (Phi) is 4.75. The van der Waals surface area contributed by atoms with Gasteiger partial charge in [-0.15, -0.1) is 11.6 Å². The zero-order valence-electron chi connectivity index (χ0n) is 11.8. The molecule has 16 heavy (non-hydrogen) atoms. The van der Waals surface area contributed by atoms with Crippen molar-refractivity contribution in [2.75, 3.05) is 5.88 Å². The summed E-state index contributed by atoms with van der Waals surface area (Å²) in [6, 6.07) is 0. The second kappa shape index (κ2) is 5.29. The van der Waals surface area contributed by atoms with Crippen LogP contribution in [0.15, 0.2) is 0 Å². The molecule has 1 rings (SSSR count). The van der Waals surface area contributed by atoms with Gasteiger partial charge in [0.15, 0.2) is 0 Å². The second-order valence-corrected chi connectivity index (χ2v) is 7.28. The monoisotopic (exact) mass is 244 g/mol. The molecule has 0 saturated heterocycles. The van der Waals surface area contributed by atoms with Crippen LogP contribution in [-0.4, -0.2) is 5.88 Å². The summed E-state index contributed by atoms with van der Waals surface area (Å²) in [6.45, 7) is 11.9. The van der Waals surface area contributed by atoms with Crippen LogP contribution in [0.25, 0.3) is 0 Å². The van der Waals surface area contributed by atoms with Crippen molar-refractivity contribution in [1.29, 1.82) is 0 Å². The van der Waals surface area contributed by atoms with Gasteiger partial charge in [0.05, 0.1) is 0 Å². The Balaban J connectivity index is 2.52. The van der Waals surface area contributed by atoms with Gasteiger partial charge in [-0.3, -0.25) is 0 Å². The fourth-order valence-electron chi connectivity index (χ4n) is 3.05. The molecule has 0 aromatic carbocycles. The molecule has 0 atom stereocenters. The highest BCUT2D eigenvalue weighted by atomic mass is 35.5. The molecule has 0 bridgehead atoms. The fraction of sp³-hybridized carbons (Fsp3) is 1.00. The molecule has 1 fully saturated rings. The second-order valence-electron chi connectivity index (χ2n) is 7.01. The molecule has 0 aromatic heterocycles. The van der Waals surface area contributed by atoms with Crippen LogP contribution in [0.1, 0.15) is 66.7 Å². The first kappa shape index (κ1) is 14.4. The van der Waals surface area contributed by atoms with Crippen molar-refractivity contribution in [3.63, 3.8) is 0 Å². The third-order valence-electron chi connectivity index (χ3n) is 5.19. The van der Waals surface area contributed by atoms with Crippen molar-refractivity contribution < 1.29 is 0 Å². The van der Waals surface area contributed by atoms with Crippen LogP contribution < -0.4 is 0 Å². The average Bonchev–Trinajstić information content (AvgIpc) is 2.29. The van der Waals surface area contributed by atoms with Crippen molar-refractivity contribution in [3.8, 4) is 0 Å². The molecule has 0 N–H and O–H groups in total. The molecule has 1 aliphatic rings. The summed E-state index contributed by atoms with van der Waals surface area (Å²) in [6.07, 6.45) is 6.89. The highest BCUT2D eigenvalue weighted by Gasteiger charge is 2.36. The summed E-state index contributed by atoms with van der Waals surface area (Å²) in [5.41, 5.74) is 0.874. The Morgan fingerprint density at radius 1 is 0.875 bits per heavy atom. The maximum absolute atomic E-state index is 6.08. The molecular formula is C15H29Cl. The van der Waals surface area contributed by atoms with Gasteiger partial charge in [0, 0.05) is 5.88 Å². The van der Waals surface area contributed by atoms with Gasteiger partial charge in [-0.25, -0.2) is 0 Å². The largest absolute Gasteiger partial charge is 0.126 e. The number of halogens is 1. The van der Waals surface area contributed by atoms with E-state index in [0.29, 0.717) is 10.8 Å². The lowest BCUT2D eigenvalue weighted by Crippen LogP contribution is -2.34. The van der Waals surface area contributed by atoms with Gasteiger partial charge in [0.2, 0.25) is 0 Å². The Morgan fingerprint density at radius 3 is 1.56 bits per heavy atom. The number of rotatable bonds is 4. The van der Waals surface area contributed by atoms with Crippen LogP contribution in [0.5, 0.6) is 0 Å². The molecule has 0 aliphatic heterocycles. The van der Waals surface area contributed by atoms with E-state index in [1.807, 2.05) is 0 Å². The molecule has 0 nitrogen and oxygen atoms in total. The van der Waals surface area contributed by atoms with Gasteiger partial charge in [0.25, 0.3) is 0 Å². The van der Waals surface area contributed by atoms with E-state index < -0.39 is 0 Å². The van der Waals surface area contributed by atoms with Crippen LogP contribution in [0.4, 0.5) is 0 Å². The Labute approximate surface area is 107 Å². The van der Waals surface area contributed by atoms with Crippen molar-refractivity contribution in [2.45, 2.75) is 66.7 Å². The van der Waals surface area contributed by atoms with E-state index in [4.69, 9.17) is 11.6 Å². The van der Waals surface area contributed by atoms with Crippen molar-refractivity contribution >= 4 is 11.6 Å². The van der Waals surface area contributed by atoms with Crippen LogP contribution in [-0.2, 0) is 0 Å². The van der Waals surface area contributed by atoms with Gasteiger partial charge in [-0.05, 0) is 48.3 Å². The average molecular weight is 245 g/mol. The maximum atomic E-state index is 6.08. The molecule has 1 heteroatoms. The molecule has 0 radical (unpaired) electrons. The smallest absolute Gasteiger partial charge is 0.0277 e. The van der Waals surface area contributed by atoms with Gasteiger partial charge in [0.1, 0.15) is 0 Å². The summed E-state index contributed by atoms with van der Waals surface area (Å²) >= 11 is 6.08. The Morgan fingerprint density at radius 2 is 1.25 bits per heavy atom. The number of hydrogen-bond acceptors (Lipinski definition) is 0. The quantitative estimate of drug-likeness (QED) is 0.574. The predicted octanol–water partition coefficient (Wildman–Crippen LogP) is 5.49. The standard InChI is InChI=1S/C15H29Cl/c1-6-14(2,3)12-7-9-13(10-8-12)15(4,5)11-16/h12-13H,6-11H2,1-5H3. The van der Waals surface area contributed by atoms with Gasteiger partial charge in [-0.1, -0.05) is 41.0 Å². The van der Waals surface area contributed by atoms with E-state index in [2.05, 4.69) is 34.6 Å². The first-order valence-corrected chi connectivity index (χ1v) is 7.43. The molecule has 0 amide bonds. The molecule has 96 valence electrons. The van der Waals surface area contributed by atoms with E-state index in [0.717, 1.165) is 17.7 Å². The minimum atomic E-state index is 0.336. The summed E-state index contributed by atoms with van der Waals surface area (Å²) in [5.74, 6) is 2.58. The topological polar surface area (TPSA) is 0 Å². The van der Waals surface area contributed by atoms with Crippen LogP contribution in [0, 0.1) is 22.7 Å². The van der Waals surface area contributed by atoms with Gasteiger partial charge >= 0.3 is 0 Å². The van der Waals surface area contributed by atoms with Crippen LogP contribution in [0.2, 0.25) is 0 Å². The Bertz CT molecular complexity index is 185. The van der Waals surface area contributed by atoms with Gasteiger partial charge in [-0.2, -0.15) is 0 Å². The fourth-order valence-corrected chi connectivity index (χ4v) is 3.27. The zero-order chi connectivity index (χ0) is 12.4. The maximum Gasteiger partial charge on any atom is 0.0277 e. The van der Waals surface area contributed by atoms with E-state index in [1.54, 1.807) is 0 Å². The van der Waals surface area contributed by atoms with E-state index in [1.165, 1.54) is 32.1 Å². The molecule has 1 aliphatic carbocycles. The lowest BCUT2D eigenvalue weighted by molar-refractivity contribution is 0.0863. The minimum absolute atomic E-state index is 0.336. The molecular weight excluding hydrogens is 216 g/mol. The summed E-state index contributed by atoms with van der Waals surface area (Å²) in [4.78, 5) is 0. The SMILES string of the molecule is CCC(C)(C)C1CCC(C(C)(C)CCl)CC1. The highest BCUT2D eigenvalue weighted by Crippen LogP contribution is 2.46. The van der Waals surface area contributed by atoms with E-state index in [9.17, 15) is 0 Å². The summed E-state index contributed by atoms with van der Waals surface area (Å²) in [5, 5.41) is 0. The summed E-state index contributed by atoms with van der Waals surface area (Å²) < 4.78 is 0. The van der Waals surface area contributed by atoms with Crippen LogP contribution >= 0.6 is 11.6 Å². The summed E-state index contributed by atoms with van der Waals surface area (Å²) in [7, 11) is 0. The van der Waals surface area contributed by atoms with Crippen molar-refractivity contribution in [3.05, 3.63) is 0 Å². The van der Waals surface area contributed by atoms with Crippen LogP contribution in [0.3, 0.4) is 0 Å². The molecule has 0 heterocycles. The minimum Gasteiger partial charge on any atom is -0.126 e. The molecule has 0 unspecified atom stereocenters. The highest BCUT2D eigenvalue weighted by molar-refractivity contribution is 6.18. The third kappa shape index (κ3) is 3.15. The van der Waals surface area contributed by atoms with Crippen molar-refractivity contribution in [1.82, 2.24) is 0 Å².